The molecule has 200 valence electrons. The lowest BCUT2D eigenvalue weighted by molar-refractivity contribution is -0.139. The third-order valence-electron chi connectivity index (χ3n) is 6.71. The number of aliphatic hydroxyl groups is 1. The number of aliphatic hydroxyl groups excluding tert-OH is 1. The van der Waals surface area contributed by atoms with Gasteiger partial charge in [0.15, 0.2) is 0 Å². The van der Waals surface area contributed by atoms with E-state index in [4.69, 9.17) is 13.9 Å². The van der Waals surface area contributed by atoms with Crippen LogP contribution in [-0.2, 0) is 22.4 Å². The molecule has 3 aromatic rings. The van der Waals surface area contributed by atoms with Gasteiger partial charge in [0.1, 0.15) is 17.1 Å². The first kappa shape index (κ1) is 28.5. The van der Waals surface area contributed by atoms with Crippen molar-refractivity contribution in [1.29, 1.82) is 0 Å². The van der Waals surface area contributed by atoms with Gasteiger partial charge in [0, 0.05) is 35.1 Å². The molecule has 3 rings (SSSR count). The predicted molar refractivity (Wildman–Crippen MR) is 150 cm³/mol. The van der Waals surface area contributed by atoms with Crippen molar-refractivity contribution in [2.45, 2.75) is 72.1 Å². The summed E-state index contributed by atoms with van der Waals surface area (Å²) in [6.45, 7) is 10.5. The Morgan fingerprint density at radius 3 is 2.62 bits per heavy atom. The van der Waals surface area contributed by atoms with E-state index >= 15 is 0 Å². The van der Waals surface area contributed by atoms with E-state index in [-0.39, 0.29) is 18.5 Å². The fourth-order valence-corrected chi connectivity index (χ4v) is 4.41. The number of aryl methyl sites for hydroxylation is 2. The lowest BCUT2D eigenvalue weighted by atomic mass is 9.97. The third kappa shape index (κ3) is 8.50. The molecule has 0 fully saturated rings. The molecule has 0 spiro atoms. The first-order valence-electron chi connectivity index (χ1n) is 13.7. The molecular weight excluding hydrogens is 464 g/mol. The molecule has 0 amide bonds. The minimum atomic E-state index is -0.358. The molecule has 1 aromatic heterocycles. The van der Waals surface area contributed by atoms with E-state index in [1.54, 1.807) is 6.92 Å². The monoisotopic (exact) mass is 506 g/mol. The van der Waals surface area contributed by atoms with Crippen LogP contribution in [0.1, 0.15) is 70.4 Å². The maximum absolute atomic E-state index is 11.4. The maximum atomic E-state index is 11.4. The highest BCUT2D eigenvalue weighted by molar-refractivity contribution is 5.87. The van der Waals surface area contributed by atoms with Crippen molar-refractivity contribution in [3.63, 3.8) is 0 Å². The molecule has 0 saturated carbocycles. The first-order chi connectivity index (χ1) is 17.9. The zero-order chi connectivity index (χ0) is 26.6. The van der Waals surface area contributed by atoms with Crippen LogP contribution in [-0.4, -0.2) is 30.9 Å². The molecule has 5 heteroatoms. The van der Waals surface area contributed by atoms with Crippen LogP contribution in [0.2, 0.25) is 0 Å². The van der Waals surface area contributed by atoms with Crippen LogP contribution in [0.25, 0.3) is 22.3 Å². The van der Waals surface area contributed by atoms with E-state index in [1.807, 2.05) is 18.2 Å². The summed E-state index contributed by atoms with van der Waals surface area (Å²) in [5.74, 6) is 1.26. The topological polar surface area (TPSA) is 68.9 Å². The van der Waals surface area contributed by atoms with Gasteiger partial charge in [-0.05, 0) is 74.8 Å². The number of hydrogen-bond donors (Lipinski definition) is 1. The Bertz CT molecular complexity index is 1160. The van der Waals surface area contributed by atoms with Gasteiger partial charge in [-0.1, -0.05) is 51.5 Å². The van der Waals surface area contributed by atoms with Gasteiger partial charge in [-0.2, -0.15) is 0 Å². The van der Waals surface area contributed by atoms with E-state index in [1.165, 1.54) is 30.4 Å². The molecule has 37 heavy (non-hydrogen) atoms. The van der Waals surface area contributed by atoms with Crippen LogP contribution in [0.4, 0.5) is 0 Å². The number of benzene rings is 2. The molecule has 0 aliphatic carbocycles. The van der Waals surface area contributed by atoms with Gasteiger partial charge in [0.05, 0.1) is 13.2 Å². The Hall–Kier alpha value is -3.05. The average molecular weight is 507 g/mol. The Balaban J connectivity index is 1.58. The quantitative estimate of drug-likeness (QED) is 0.123. The number of carbonyl (C=O) groups is 1. The van der Waals surface area contributed by atoms with Gasteiger partial charge >= 0.3 is 5.97 Å². The summed E-state index contributed by atoms with van der Waals surface area (Å²) in [5.41, 5.74) is 5.05. The van der Waals surface area contributed by atoms with E-state index in [9.17, 15) is 9.90 Å². The van der Waals surface area contributed by atoms with Crippen LogP contribution in [0, 0.1) is 5.92 Å². The van der Waals surface area contributed by atoms with Crippen molar-refractivity contribution in [2.75, 3.05) is 19.8 Å². The summed E-state index contributed by atoms with van der Waals surface area (Å²) in [7, 11) is 0. The summed E-state index contributed by atoms with van der Waals surface area (Å²) >= 11 is 0. The van der Waals surface area contributed by atoms with Crippen molar-refractivity contribution < 1.29 is 23.8 Å². The Morgan fingerprint density at radius 1 is 1.05 bits per heavy atom. The van der Waals surface area contributed by atoms with E-state index in [2.05, 4.69) is 44.7 Å². The molecule has 0 bridgehead atoms. The largest absolute Gasteiger partial charge is 0.493 e. The second-order valence-corrected chi connectivity index (χ2v) is 9.88. The van der Waals surface area contributed by atoms with Crippen molar-refractivity contribution in [1.82, 2.24) is 0 Å². The number of unbranched alkanes of at least 4 members (excludes halogenated alkanes) is 3. The average Bonchev–Trinajstić information content (AvgIpc) is 3.33. The van der Waals surface area contributed by atoms with Crippen molar-refractivity contribution >= 4 is 16.9 Å². The van der Waals surface area contributed by atoms with Crippen LogP contribution in [0.15, 0.2) is 59.0 Å². The van der Waals surface area contributed by atoms with Gasteiger partial charge in [0.2, 0.25) is 0 Å². The predicted octanol–water partition coefficient (Wildman–Crippen LogP) is 7.67. The molecule has 0 aliphatic heterocycles. The normalized spacial score (nSPS) is 12.0. The number of rotatable bonds is 16. The molecular formula is C32H42O5. The number of furan rings is 1. The zero-order valence-electron chi connectivity index (χ0n) is 22.7. The summed E-state index contributed by atoms with van der Waals surface area (Å²) in [4.78, 5) is 11.4. The second-order valence-electron chi connectivity index (χ2n) is 9.88. The Kier molecular flexibility index (Phi) is 11.3. The lowest BCUT2D eigenvalue weighted by Crippen LogP contribution is -2.16. The molecule has 0 aliphatic rings. The molecule has 2 aromatic carbocycles. The Labute approximate surface area is 221 Å². The number of hydrogen-bond acceptors (Lipinski definition) is 5. The van der Waals surface area contributed by atoms with Gasteiger partial charge in [0.25, 0.3) is 0 Å². The molecule has 0 radical (unpaired) electrons. The van der Waals surface area contributed by atoms with E-state index in [0.717, 1.165) is 60.1 Å². The van der Waals surface area contributed by atoms with Crippen LogP contribution >= 0.6 is 0 Å². The first-order valence-corrected chi connectivity index (χ1v) is 13.7. The molecule has 1 unspecified atom stereocenters. The standard InChI is InChI=1S/C32H42O5/c1-5-7-8-11-24-13-16-29(26(6-2)18-24)31-19-27-14-15-28(20-30(27)37-31)36-22-25(21-33)12-9-10-17-35-32(34)23(3)4/h13-16,18-20,25,33H,3,5-12,17,21-22H2,1-2,4H3. The molecule has 5 nitrogen and oxygen atoms in total. The fourth-order valence-electron chi connectivity index (χ4n) is 4.41. The lowest BCUT2D eigenvalue weighted by Gasteiger charge is -2.15. The van der Waals surface area contributed by atoms with Gasteiger partial charge in [-0.25, -0.2) is 4.79 Å². The van der Waals surface area contributed by atoms with Crippen molar-refractivity contribution in [3.05, 3.63) is 65.7 Å². The van der Waals surface area contributed by atoms with Crippen LogP contribution < -0.4 is 4.74 Å². The smallest absolute Gasteiger partial charge is 0.333 e. The van der Waals surface area contributed by atoms with Gasteiger partial charge in [-0.3, -0.25) is 0 Å². The molecule has 1 heterocycles. The van der Waals surface area contributed by atoms with E-state index in [0.29, 0.717) is 18.8 Å². The SMILES string of the molecule is C=C(C)C(=O)OCCCCC(CO)COc1ccc2cc(-c3ccc(CCCCC)cc3CC)oc2c1. The minimum absolute atomic E-state index is 0.0163. The van der Waals surface area contributed by atoms with Crippen LogP contribution in [0.3, 0.4) is 0 Å². The maximum Gasteiger partial charge on any atom is 0.333 e. The highest BCUT2D eigenvalue weighted by Gasteiger charge is 2.13. The van der Waals surface area contributed by atoms with E-state index < -0.39 is 0 Å². The Morgan fingerprint density at radius 2 is 1.89 bits per heavy atom. The zero-order valence-corrected chi connectivity index (χ0v) is 22.7. The summed E-state index contributed by atoms with van der Waals surface area (Å²) in [5, 5.41) is 10.8. The second kappa shape index (κ2) is 14.6. The highest BCUT2D eigenvalue weighted by Crippen LogP contribution is 2.33. The van der Waals surface area contributed by atoms with Gasteiger partial charge in [-0.15, -0.1) is 0 Å². The number of carbonyl (C=O) groups excluding carboxylic acids is 1. The van der Waals surface area contributed by atoms with Crippen molar-refractivity contribution in [2.24, 2.45) is 5.92 Å². The number of ether oxygens (including phenoxy) is 2. The fraction of sp³-hybridized carbons (Fsp3) is 0.469. The van der Waals surface area contributed by atoms with Gasteiger partial charge < -0.3 is 19.0 Å². The molecule has 1 N–H and O–H groups in total. The third-order valence-corrected chi connectivity index (χ3v) is 6.71. The minimum Gasteiger partial charge on any atom is -0.493 e. The molecule has 0 saturated heterocycles. The number of fused-ring (bicyclic) bond motifs is 1. The summed E-state index contributed by atoms with van der Waals surface area (Å²) in [6, 6.07) is 14.7. The van der Waals surface area contributed by atoms with Crippen molar-refractivity contribution in [3.8, 4) is 17.1 Å². The van der Waals surface area contributed by atoms with Crippen LogP contribution in [0.5, 0.6) is 5.75 Å². The summed E-state index contributed by atoms with van der Waals surface area (Å²) in [6.07, 6.45) is 8.20. The number of esters is 1. The highest BCUT2D eigenvalue weighted by atomic mass is 16.5. The molecule has 1 atom stereocenters. The summed E-state index contributed by atoms with van der Waals surface area (Å²) < 4.78 is 17.4.